The van der Waals surface area contributed by atoms with Gasteiger partial charge in [-0.1, -0.05) is 0 Å². The van der Waals surface area contributed by atoms with Crippen molar-refractivity contribution in [2.45, 2.75) is 5.92 Å². The first-order valence-corrected chi connectivity index (χ1v) is 8.52. The maximum absolute atomic E-state index is 12.4. The van der Waals surface area contributed by atoms with E-state index in [2.05, 4.69) is 16.2 Å². The summed E-state index contributed by atoms with van der Waals surface area (Å²) in [6.45, 7) is 1.18. The van der Waals surface area contributed by atoms with Crippen molar-refractivity contribution in [2.75, 3.05) is 20.2 Å². The highest BCUT2D eigenvalue weighted by molar-refractivity contribution is 5.92. The van der Waals surface area contributed by atoms with Gasteiger partial charge in [0.05, 0.1) is 43.2 Å². The first kappa shape index (κ1) is 15.7. The normalized spacial score (nSPS) is 14.5. The number of ether oxygens (including phenoxy) is 1. The molecule has 0 spiro atoms. The van der Waals surface area contributed by atoms with E-state index < -0.39 is 0 Å². The number of rotatable bonds is 4. The van der Waals surface area contributed by atoms with E-state index in [-0.39, 0.29) is 17.6 Å². The molecule has 8 nitrogen and oxygen atoms in total. The fourth-order valence-electron chi connectivity index (χ4n) is 3.36. The minimum atomic E-state index is -0.190. The predicted molar refractivity (Wildman–Crippen MR) is 94.6 cm³/mol. The molecule has 8 heteroatoms. The van der Waals surface area contributed by atoms with Gasteiger partial charge in [-0.15, -0.1) is 0 Å². The van der Waals surface area contributed by atoms with Crippen molar-refractivity contribution in [2.24, 2.45) is 0 Å². The van der Waals surface area contributed by atoms with Crippen molar-refractivity contribution in [3.8, 4) is 17.0 Å². The van der Waals surface area contributed by atoms with E-state index in [4.69, 9.17) is 13.7 Å². The van der Waals surface area contributed by atoms with E-state index >= 15 is 0 Å². The van der Waals surface area contributed by atoms with Crippen LogP contribution in [-0.2, 0) is 0 Å². The van der Waals surface area contributed by atoms with Crippen molar-refractivity contribution >= 4 is 11.4 Å². The SMILES string of the molecule is COc1cc(C(=O)N2CC(c3ncn4ccc(-c5ccoc5)cc34)C2)on1. The Morgan fingerprint density at radius 3 is 2.89 bits per heavy atom. The number of aromatic nitrogens is 3. The molecule has 0 saturated carbocycles. The number of carbonyl (C=O) groups excluding carboxylic acids is 1. The van der Waals surface area contributed by atoms with Crippen LogP contribution in [0.4, 0.5) is 0 Å². The zero-order chi connectivity index (χ0) is 18.4. The highest BCUT2D eigenvalue weighted by Crippen LogP contribution is 2.32. The Morgan fingerprint density at radius 1 is 1.26 bits per heavy atom. The standard InChI is InChI=1S/C19H16N4O4/c1-25-17-7-16(27-21-17)19(24)23-8-14(9-23)18-15-6-12(13-3-5-26-10-13)2-4-22(15)11-20-18/h2-7,10-11,14H,8-9H2,1H3. The highest BCUT2D eigenvalue weighted by atomic mass is 16.5. The minimum absolute atomic E-state index is 0.183. The van der Waals surface area contributed by atoms with Crippen molar-refractivity contribution in [3.05, 3.63) is 60.8 Å². The van der Waals surface area contributed by atoms with E-state index in [1.807, 2.05) is 22.7 Å². The van der Waals surface area contributed by atoms with Crippen molar-refractivity contribution in [3.63, 3.8) is 0 Å². The van der Waals surface area contributed by atoms with Gasteiger partial charge in [-0.05, 0) is 28.9 Å². The van der Waals surface area contributed by atoms with Crippen LogP contribution in [0.1, 0.15) is 22.2 Å². The van der Waals surface area contributed by atoms with Gasteiger partial charge in [-0.2, -0.15) is 0 Å². The summed E-state index contributed by atoms with van der Waals surface area (Å²) in [6, 6.07) is 7.55. The summed E-state index contributed by atoms with van der Waals surface area (Å²) in [5.41, 5.74) is 4.11. The molecule has 0 atom stereocenters. The Kier molecular flexibility index (Phi) is 3.49. The lowest BCUT2D eigenvalue weighted by Gasteiger charge is -2.37. The van der Waals surface area contributed by atoms with Gasteiger partial charge in [-0.25, -0.2) is 4.98 Å². The van der Waals surface area contributed by atoms with Gasteiger partial charge in [0, 0.05) is 30.8 Å². The molecule has 0 N–H and O–H groups in total. The summed E-state index contributed by atoms with van der Waals surface area (Å²) >= 11 is 0. The van der Waals surface area contributed by atoms with Gasteiger partial charge in [0.25, 0.3) is 11.8 Å². The fourth-order valence-corrected chi connectivity index (χ4v) is 3.36. The summed E-state index contributed by atoms with van der Waals surface area (Å²) in [7, 11) is 1.48. The molecule has 1 aliphatic heterocycles. The Hall–Kier alpha value is -3.55. The highest BCUT2D eigenvalue weighted by Gasteiger charge is 2.36. The molecular weight excluding hydrogens is 348 g/mol. The van der Waals surface area contributed by atoms with Crippen LogP contribution in [0, 0.1) is 0 Å². The van der Waals surface area contributed by atoms with Gasteiger partial charge >= 0.3 is 0 Å². The van der Waals surface area contributed by atoms with Gasteiger partial charge in [0.15, 0.2) is 0 Å². The number of fused-ring (bicyclic) bond motifs is 1. The average molecular weight is 364 g/mol. The first-order chi connectivity index (χ1) is 13.2. The molecule has 4 aromatic heterocycles. The monoisotopic (exact) mass is 364 g/mol. The van der Waals surface area contributed by atoms with Crippen LogP contribution in [-0.4, -0.2) is 45.5 Å². The predicted octanol–water partition coefficient (Wildman–Crippen LogP) is 2.83. The molecule has 5 heterocycles. The van der Waals surface area contributed by atoms with Crippen molar-refractivity contribution < 1.29 is 18.5 Å². The van der Waals surface area contributed by atoms with E-state index in [1.54, 1.807) is 23.8 Å². The van der Waals surface area contributed by atoms with Crippen LogP contribution >= 0.6 is 0 Å². The lowest BCUT2D eigenvalue weighted by Crippen LogP contribution is -2.48. The molecule has 0 bridgehead atoms. The third kappa shape index (κ3) is 2.57. The van der Waals surface area contributed by atoms with Crippen LogP contribution < -0.4 is 4.74 Å². The number of nitrogens with zero attached hydrogens (tertiary/aromatic N) is 4. The minimum Gasteiger partial charge on any atom is -0.479 e. The van der Waals surface area contributed by atoms with Crippen LogP contribution in [0.15, 0.2) is 58.3 Å². The zero-order valence-corrected chi connectivity index (χ0v) is 14.5. The molecule has 1 amide bonds. The van der Waals surface area contributed by atoms with Crippen LogP contribution in [0.25, 0.3) is 16.6 Å². The van der Waals surface area contributed by atoms with E-state index in [9.17, 15) is 4.79 Å². The molecule has 136 valence electrons. The second kappa shape index (κ2) is 6.01. The lowest BCUT2D eigenvalue weighted by molar-refractivity contribution is 0.0557. The Labute approximate surface area is 153 Å². The Balaban J connectivity index is 1.36. The molecule has 4 aromatic rings. The molecule has 1 aliphatic rings. The Morgan fingerprint density at radius 2 is 2.15 bits per heavy atom. The molecule has 1 saturated heterocycles. The number of furan rings is 1. The summed E-state index contributed by atoms with van der Waals surface area (Å²) in [4.78, 5) is 18.7. The van der Waals surface area contributed by atoms with E-state index in [0.29, 0.717) is 19.0 Å². The molecule has 0 aromatic carbocycles. The number of amides is 1. The number of hydrogen-bond donors (Lipinski definition) is 0. The second-order valence-electron chi connectivity index (χ2n) is 6.49. The van der Waals surface area contributed by atoms with Gasteiger partial charge in [-0.3, -0.25) is 4.79 Å². The molecule has 0 unspecified atom stereocenters. The van der Waals surface area contributed by atoms with Gasteiger partial charge < -0.3 is 23.0 Å². The second-order valence-corrected chi connectivity index (χ2v) is 6.49. The molecule has 27 heavy (non-hydrogen) atoms. The van der Waals surface area contributed by atoms with E-state index in [1.165, 1.54) is 13.2 Å². The number of hydrogen-bond acceptors (Lipinski definition) is 6. The van der Waals surface area contributed by atoms with Crippen LogP contribution in [0.3, 0.4) is 0 Å². The fraction of sp³-hybridized carbons (Fsp3) is 0.211. The quantitative estimate of drug-likeness (QED) is 0.553. The zero-order valence-electron chi connectivity index (χ0n) is 14.5. The molecule has 1 fully saturated rings. The summed E-state index contributed by atoms with van der Waals surface area (Å²) in [5.74, 6) is 0.470. The smallest absolute Gasteiger partial charge is 0.292 e. The lowest BCUT2D eigenvalue weighted by atomic mass is 9.94. The summed E-state index contributed by atoms with van der Waals surface area (Å²) < 4.78 is 17.2. The van der Waals surface area contributed by atoms with Crippen molar-refractivity contribution in [1.82, 2.24) is 19.4 Å². The maximum atomic E-state index is 12.4. The van der Waals surface area contributed by atoms with Crippen LogP contribution in [0.2, 0.25) is 0 Å². The number of methoxy groups -OCH3 is 1. The van der Waals surface area contributed by atoms with Crippen LogP contribution in [0.5, 0.6) is 5.88 Å². The topological polar surface area (TPSA) is 86.0 Å². The summed E-state index contributed by atoms with van der Waals surface area (Å²) in [6.07, 6.45) is 7.16. The van der Waals surface area contributed by atoms with Gasteiger partial charge in [0.2, 0.25) is 5.76 Å². The summed E-state index contributed by atoms with van der Waals surface area (Å²) in [5, 5.41) is 3.67. The maximum Gasteiger partial charge on any atom is 0.292 e. The number of carbonyl (C=O) groups is 1. The molecule has 5 rings (SSSR count). The number of imidazole rings is 1. The third-order valence-electron chi connectivity index (χ3n) is 4.89. The molecular formula is C19H16N4O4. The van der Waals surface area contributed by atoms with E-state index in [0.717, 1.165) is 22.3 Å². The number of pyridine rings is 1. The Bertz CT molecular complexity index is 1110. The largest absolute Gasteiger partial charge is 0.479 e. The molecule has 0 radical (unpaired) electrons. The first-order valence-electron chi connectivity index (χ1n) is 8.52. The van der Waals surface area contributed by atoms with Crippen molar-refractivity contribution in [1.29, 1.82) is 0 Å². The number of likely N-dealkylation sites (tertiary alicyclic amines) is 1. The third-order valence-corrected chi connectivity index (χ3v) is 4.89. The average Bonchev–Trinajstić information content (AvgIpc) is 3.40. The molecule has 0 aliphatic carbocycles. The van der Waals surface area contributed by atoms with Gasteiger partial charge in [0.1, 0.15) is 0 Å².